The first-order valence-electron chi connectivity index (χ1n) is 6.70. The minimum absolute atomic E-state index is 0.179. The normalized spacial score (nSPS) is 12.4. The molecule has 1 heterocycles. The summed E-state index contributed by atoms with van der Waals surface area (Å²) in [7, 11) is 0. The van der Waals surface area contributed by atoms with Crippen LogP contribution in [0.5, 0.6) is 5.75 Å². The summed E-state index contributed by atoms with van der Waals surface area (Å²) >= 11 is 0. The molecule has 0 aliphatic rings. The van der Waals surface area contributed by atoms with E-state index in [-0.39, 0.29) is 6.04 Å². The van der Waals surface area contributed by atoms with Gasteiger partial charge in [0, 0.05) is 12.8 Å². The fourth-order valence-corrected chi connectivity index (χ4v) is 1.70. The van der Waals surface area contributed by atoms with Crippen molar-refractivity contribution in [3.8, 4) is 5.75 Å². The van der Waals surface area contributed by atoms with E-state index in [2.05, 4.69) is 17.2 Å². The van der Waals surface area contributed by atoms with Crippen molar-refractivity contribution in [3.05, 3.63) is 24.0 Å². The van der Waals surface area contributed by atoms with E-state index in [0.29, 0.717) is 13.2 Å². The van der Waals surface area contributed by atoms with Gasteiger partial charge in [-0.15, -0.1) is 0 Å². The van der Waals surface area contributed by atoms with Crippen LogP contribution in [0.2, 0.25) is 0 Å². The number of ether oxygens (including phenoxy) is 2. The molecular weight excluding hydrogens is 228 g/mol. The van der Waals surface area contributed by atoms with Gasteiger partial charge in [-0.2, -0.15) is 0 Å². The van der Waals surface area contributed by atoms with Crippen molar-refractivity contribution >= 4 is 0 Å². The molecule has 0 aromatic carbocycles. The maximum Gasteiger partial charge on any atom is 0.137 e. The van der Waals surface area contributed by atoms with Crippen LogP contribution in [0.25, 0.3) is 0 Å². The number of pyridine rings is 1. The fourth-order valence-electron chi connectivity index (χ4n) is 1.70. The van der Waals surface area contributed by atoms with Crippen LogP contribution >= 0.6 is 0 Å². The van der Waals surface area contributed by atoms with E-state index in [0.717, 1.165) is 30.9 Å². The van der Waals surface area contributed by atoms with E-state index >= 15 is 0 Å². The second-order valence-corrected chi connectivity index (χ2v) is 4.05. The van der Waals surface area contributed by atoms with Crippen LogP contribution in [0.3, 0.4) is 0 Å². The number of rotatable bonds is 9. The molecule has 0 fully saturated rings. The summed E-state index contributed by atoms with van der Waals surface area (Å²) in [5, 5.41) is 3.47. The van der Waals surface area contributed by atoms with Crippen molar-refractivity contribution in [1.29, 1.82) is 0 Å². The standard InChI is InChI=1S/C14H24N2O2/c1-4-7-16-14(11-17-5-2)12-8-13(18-6-3)10-15-9-12/h8-10,14,16H,4-7,11H2,1-3H3. The summed E-state index contributed by atoms with van der Waals surface area (Å²) < 4.78 is 11.0. The second kappa shape index (κ2) is 8.89. The van der Waals surface area contributed by atoms with Gasteiger partial charge in [-0.05, 0) is 38.4 Å². The monoisotopic (exact) mass is 252 g/mol. The highest BCUT2D eigenvalue weighted by Crippen LogP contribution is 2.18. The number of aromatic nitrogens is 1. The molecule has 4 nitrogen and oxygen atoms in total. The average molecular weight is 252 g/mol. The molecule has 0 saturated heterocycles. The first-order chi connectivity index (χ1) is 8.81. The number of nitrogens with zero attached hydrogens (tertiary/aromatic N) is 1. The van der Waals surface area contributed by atoms with Crippen molar-refractivity contribution in [2.45, 2.75) is 33.2 Å². The second-order valence-electron chi connectivity index (χ2n) is 4.05. The smallest absolute Gasteiger partial charge is 0.137 e. The van der Waals surface area contributed by atoms with Gasteiger partial charge < -0.3 is 14.8 Å². The summed E-state index contributed by atoms with van der Waals surface area (Å²) in [5.74, 6) is 0.815. The molecule has 0 bridgehead atoms. The fraction of sp³-hybridized carbons (Fsp3) is 0.643. The van der Waals surface area contributed by atoms with Gasteiger partial charge in [-0.25, -0.2) is 0 Å². The predicted octanol–water partition coefficient (Wildman–Crippen LogP) is 2.56. The number of nitrogens with one attached hydrogen (secondary N) is 1. The van der Waals surface area contributed by atoms with Gasteiger partial charge in [0.1, 0.15) is 5.75 Å². The molecule has 18 heavy (non-hydrogen) atoms. The Morgan fingerprint density at radius 3 is 2.72 bits per heavy atom. The van der Waals surface area contributed by atoms with Crippen LogP contribution in [-0.4, -0.2) is 31.3 Å². The average Bonchev–Trinajstić information content (AvgIpc) is 2.40. The van der Waals surface area contributed by atoms with Crippen LogP contribution in [-0.2, 0) is 4.74 Å². The molecule has 0 amide bonds. The van der Waals surface area contributed by atoms with E-state index in [1.807, 2.05) is 26.1 Å². The number of hydrogen-bond acceptors (Lipinski definition) is 4. The molecule has 1 N–H and O–H groups in total. The lowest BCUT2D eigenvalue weighted by Crippen LogP contribution is -2.26. The van der Waals surface area contributed by atoms with Crippen LogP contribution in [0.1, 0.15) is 38.8 Å². The summed E-state index contributed by atoms with van der Waals surface area (Å²) in [6.07, 6.45) is 4.71. The molecule has 1 atom stereocenters. The summed E-state index contributed by atoms with van der Waals surface area (Å²) in [6, 6.07) is 2.21. The van der Waals surface area contributed by atoms with Gasteiger partial charge in [0.25, 0.3) is 0 Å². The molecule has 0 radical (unpaired) electrons. The van der Waals surface area contributed by atoms with Crippen molar-refractivity contribution in [1.82, 2.24) is 10.3 Å². The Balaban J connectivity index is 2.72. The lowest BCUT2D eigenvalue weighted by molar-refractivity contribution is 0.123. The van der Waals surface area contributed by atoms with Crippen LogP contribution < -0.4 is 10.1 Å². The Hall–Kier alpha value is -1.13. The quantitative estimate of drug-likeness (QED) is 0.733. The van der Waals surface area contributed by atoms with Crippen molar-refractivity contribution < 1.29 is 9.47 Å². The van der Waals surface area contributed by atoms with E-state index in [4.69, 9.17) is 9.47 Å². The predicted molar refractivity (Wildman–Crippen MR) is 72.9 cm³/mol. The van der Waals surface area contributed by atoms with Crippen LogP contribution in [0, 0.1) is 0 Å². The van der Waals surface area contributed by atoms with Crippen molar-refractivity contribution in [3.63, 3.8) is 0 Å². The third-order valence-corrected chi connectivity index (χ3v) is 2.58. The van der Waals surface area contributed by atoms with E-state index in [1.54, 1.807) is 6.20 Å². The highest BCUT2D eigenvalue weighted by Gasteiger charge is 2.12. The Kier molecular flexibility index (Phi) is 7.37. The zero-order valence-corrected chi connectivity index (χ0v) is 11.6. The van der Waals surface area contributed by atoms with Crippen LogP contribution in [0.4, 0.5) is 0 Å². The third-order valence-electron chi connectivity index (χ3n) is 2.58. The molecule has 1 aromatic heterocycles. The molecule has 1 unspecified atom stereocenters. The molecule has 1 rings (SSSR count). The van der Waals surface area contributed by atoms with Gasteiger partial charge in [0.05, 0.1) is 25.5 Å². The van der Waals surface area contributed by atoms with Crippen molar-refractivity contribution in [2.24, 2.45) is 0 Å². The SMILES string of the molecule is CCCNC(COCC)c1cncc(OCC)c1. The first-order valence-corrected chi connectivity index (χ1v) is 6.70. The van der Waals surface area contributed by atoms with Gasteiger partial charge in [-0.1, -0.05) is 6.92 Å². The summed E-state index contributed by atoms with van der Waals surface area (Å²) in [6.45, 7) is 9.14. The summed E-state index contributed by atoms with van der Waals surface area (Å²) in [4.78, 5) is 4.22. The number of hydrogen-bond donors (Lipinski definition) is 1. The molecule has 4 heteroatoms. The van der Waals surface area contributed by atoms with E-state index < -0.39 is 0 Å². The maximum absolute atomic E-state index is 5.52. The molecule has 1 aromatic rings. The Morgan fingerprint density at radius 1 is 1.22 bits per heavy atom. The molecule has 102 valence electrons. The van der Waals surface area contributed by atoms with E-state index in [9.17, 15) is 0 Å². The molecule has 0 saturated carbocycles. The van der Waals surface area contributed by atoms with Gasteiger partial charge in [0.15, 0.2) is 0 Å². The third kappa shape index (κ3) is 5.02. The van der Waals surface area contributed by atoms with Gasteiger partial charge in [0.2, 0.25) is 0 Å². The van der Waals surface area contributed by atoms with Crippen LogP contribution in [0.15, 0.2) is 18.5 Å². The highest BCUT2D eigenvalue weighted by molar-refractivity contribution is 5.26. The van der Waals surface area contributed by atoms with Gasteiger partial charge in [-0.3, -0.25) is 4.98 Å². The minimum atomic E-state index is 0.179. The molecule has 0 spiro atoms. The lowest BCUT2D eigenvalue weighted by Gasteiger charge is -2.19. The Bertz CT molecular complexity index is 323. The zero-order chi connectivity index (χ0) is 13.2. The highest BCUT2D eigenvalue weighted by atomic mass is 16.5. The van der Waals surface area contributed by atoms with Crippen molar-refractivity contribution in [2.75, 3.05) is 26.4 Å². The molecule has 0 aliphatic carbocycles. The Labute approximate surface area is 110 Å². The minimum Gasteiger partial charge on any atom is -0.492 e. The van der Waals surface area contributed by atoms with E-state index in [1.165, 1.54) is 0 Å². The first kappa shape index (κ1) is 14.9. The summed E-state index contributed by atoms with van der Waals surface area (Å²) in [5.41, 5.74) is 1.11. The largest absolute Gasteiger partial charge is 0.492 e. The topological polar surface area (TPSA) is 43.4 Å². The zero-order valence-electron chi connectivity index (χ0n) is 11.6. The Morgan fingerprint density at radius 2 is 2.06 bits per heavy atom. The molecule has 0 aliphatic heterocycles. The molecular formula is C14H24N2O2. The van der Waals surface area contributed by atoms with Gasteiger partial charge >= 0.3 is 0 Å². The lowest BCUT2D eigenvalue weighted by atomic mass is 10.1. The maximum atomic E-state index is 5.52.